The highest BCUT2D eigenvalue weighted by atomic mass is 32.1. The fourth-order valence-electron chi connectivity index (χ4n) is 4.02. The first-order valence-corrected chi connectivity index (χ1v) is 11.7. The second kappa shape index (κ2) is 9.07. The van der Waals surface area contributed by atoms with Crippen LogP contribution in [0.15, 0.2) is 54.7 Å². The van der Waals surface area contributed by atoms with E-state index < -0.39 is 0 Å². The van der Waals surface area contributed by atoms with Crippen LogP contribution in [-0.2, 0) is 12.8 Å². The Kier molecular flexibility index (Phi) is 5.83. The average molecular weight is 461 g/mol. The molecule has 0 saturated carbocycles. The average Bonchev–Trinajstić information content (AvgIpc) is 3.48. The second-order valence-electron chi connectivity index (χ2n) is 7.79. The number of methoxy groups -OCH3 is 2. The number of aryl methyl sites for hydroxylation is 2. The van der Waals surface area contributed by atoms with E-state index in [0.29, 0.717) is 27.9 Å². The Bertz CT molecular complexity index is 1270. The number of hydrogen-bond donors (Lipinski definition) is 1. The first-order valence-electron chi connectivity index (χ1n) is 10.8. The molecule has 0 radical (unpaired) electrons. The summed E-state index contributed by atoms with van der Waals surface area (Å²) in [5.74, 6) is 0.944. The fourth-order valence-corrected chi connectivity index (χ4v) is 5.06. The SMILES string of the molecule is COc1ccc(-c2nn(-c3ccccc3)cc2C(=O)Nc2nc3c(s2)CCCC3)cc1OC. The Balaban J connectivity index is 1.54. The summed E-state index contributed by atoms with van der Waals surface area (Å²) in [5, 5.41) is 8.39. The lowest BCUT2D eigenvalue weighted by atomic mass is 10.0. The third kappa shape index (κ3) is 4.21. The number of nitrogens with one attached hydrogen (secondary N) is 1. The van der Waals surface area contributed by atoms with Gasteiger partial charge in [0.25, 0.3) is 5.91 Å². The van der Waals surface area contributed by atoms with Crippen LogP contribution in [0.4, 0.5) is 5.13 Å². The molecule has 0 spiro atoms. The second-order valence-corrected chi connectivity index (χ2v) is 8.88. The zero-order chi connectivity index (χ0) is 22.8. The van der Waals surface area contributed by atoms with Gasteiger partial charge >= 0.3 is 0 Å². The molecule has 168 valence electrons. The summed E-state index contributed by atoms with van der Waals surface area (Å²) >= 11 is 1.57. The summed E-state index contributed by atoms with van der Waals surface area (Å²) in [6.45, 7) is 0. The van der Waals surface area contributed by atoms with Gasteiger partial charge in [0.1, 0.15) is 5.69 Å². The number of benzene rings is 2. The van der Waals surface area contributed by atoms with E-state index in [9.17, 15) is 4.79 Å². The van der Waals surface area contributed by atoms with Crippen LogP contribution < -0.4 is 14.8 Å². The molecule has 4 aromatic rings. The lowest BCUT2D eigenvalue weighted by molar-refractivity contribution is 0.102. The molecule has 0 aliphatic heterocycles. The van der Waals surface area contributed by atoms with E-state index in [1.807, 2.05) is 48.5 Å². The number of thiazole rings is 1. The number of aromatic nitrogens is 3. The number of fused-ring (bicyclic) bond motifs is 1. The number of anilines is 1. The molecule has 5 rings (SSSR count). The lowest BCUT2D eigenvalue weighted by Gasteiger charge is -2.09. The van der Waals surface area contributed by atoms with E-state index >= 15 is 0 Å². The normalized spacial score (nSPS) is 12.8. The van der Waals surface area contributed by atoms with Crippen molar-refractivity contribution in [3.63, 3.8) is 0 Å². The van der Waals surface area contributed by atoms with Gasteiger partial charge in [-0.3, -0.25) is 10.1 Å². The Morgan fingerprint density at radius 3 is 2.58 bits per heavy atom. The lowest BCUT2D eigenvalue weighted by Crippen LogP contribution is -2.12. The molecule has 2 heterocycles. The van der Waals surface area contributed by atoms with Gasteiger partial charge in [-0.05, 0) is 56.0 Å². The molecule has 1 aliphatic carbocycles. The molecular weight excluding hydrogens is 436 g/mol. The van der Waals surface area contributed by atoms with Crippen LogP contribution in [0.5, 0.6) is 11.5 Å². The van der Waals surface area contributed by atoms with Crippen LogP contribution in [0.2, 0.25) is 0 Å². The highest BCUT2D eigenvalue weighted by Gasteiger charge is 2.22. The van der Waals surface area contributed by atoms with Crippen molar-refractivity contribution in [1.82, 2.24) is 14.8 Å². The zero-order valence-electron chi connectivity index (χ0n) is 18.5. The third-order valence-electron chi connectivity index (χ3n) is 5.70. The van der Waals surface area contributed by atoms with Gasteiger partial charge < -0.3 is 9.47 Å². The molecule has 2 aromatic heterocycles. The number of para-hydroxylation sites is 1. The minimum absolute atomic E-state index is 0.243. The molecule has 7 nitrogen and oxygen atoms in total. The highest BCUT2D eigenvalue weighted by Crippen LogP contribution is 2.34. The van der Waals surface area contributed by atoms with E-state index in [2.05, 4.69) is 10.3 Å². The zero-order valence-corrected chi connectivity index (χ0v) is 19.3. The number of amides is 1. The Hall–Kier alpha value is -3.65. The van der Waals surface area contributed by atoms with Gasteiger partial charge in [0.05, 0.1) is 31.2 Å². The van der Waals surface area contributed by atoms with Crippen LogP contribution in [0.1, 0.15) is 33.8 Å². The Morgan fingerprint density at radius 1 is 1.03 bits per heavy atom. The number of hydrogen-bond acceptors (Lipinski definition) is 6. The van der Waals surface area contributed by atoms with Crippen LogP contribution in [-0.4, -0.2) is 34.9 Å². The Labute approximate surface area is 196 Å². The molecule has 33 heavy (non-hydrogen) atoms. The molecule has 1 amide bonds. The Morgan fingerprint density at radius 2 is 1.82 bits per heavy atom. The largest absolute Gasteiger partial charge is 0.493 e. The molecule has 0 atom stereocenters. The highest BCUT2D eigenvalue weighted by molar-refractivity contribution is 7.15. The van der Waals surface area contributed by atoms with Gasteiger partial charge in [-0.1, -0.05) is 18.2 Å². The van der Waals surface area contributed by atoms with E-state index in [-0.39, 0.29) is 5.91 Å². The number of nitrogens with zero attached hydrogens (tertiary/aromatic N) is 3. The van der Waals surface area contributed by atoms with Gasteiger partial charge in [-0.2, -0.15) is 5.10 Å². The van der Waals surface area contributed by atoms with E-state index in [0.717, 1.165) is 36.2 Å². The van der Waals surface area contributed by atoms with E-state index in [1.54, 1.807) is 36.4 Å². The first-order chi connectivity index (χ1) is 16.2. The van der Waals surface area contributed by atoms with Crippen LogP contribution in [0, 0.1) is 0 Å². The van der Waals surface area contributed by atoms with Crippen molar-refractivity contribution in [1.29, 1.82) is 0 Å². The third-order valence-corrected chi connectivity index (χ3v) is 6.78. The van der Waals surface area contributed by atoms with Crippen molar-refractivity contribution >= 4 is 22.4 Å². The predicted octanol–water partition coefficient (Wildman–Crippen LogP) is 5.14. The summed E-state index contributed by atoms with van der Waals surface area (Å²) in [6, 6.07) is 15.2. The molecule has 0 fully saturated rings. The van der Waals surface area contributed by atoms with Gasteiger partial charge in [-0.25, -0.2) is 9.67 Å². The minimum Gasteiger partial charge on any atom is -0.493 e. The van der Waals surface area contributed by atoms with Crippen LogP contribution in [0.3, 0.4) is 0 Å². The molecular formula is C25H24N4O3S. The van der Waals surface area contributed by atoms with Crippen molar-refractivity contribution in [2.24, 2.45) is 0 Å². The molecule has 1 N–H and O–H groups in total. The predicted molar refractivity (Wildman–Crippen MR) is 129 cm³/mol. The quantitative estimate of drug-likeness (QED) is 0.431. The summed E-state index contributed by atoms with van der Waals surface area (Å²) in [5.41, 5.74) is 3.74. The van der Waals surface area contributed by atoms with Crippen molar-refractivity contribution in [2.75, 3.05) is 19.5 Å². The molecule has 2 aromatic carbocycles. The van der Waals surface area contributed by atoms with Crippen LogP contribution >= 0.6 is 11.3 Å². The fraction of sp³-hybridized carbons (Fsp3) is 0.240. The number of carbonyl (C=O) groups is 1. The molecule has 0 unspecified atom stereocenters. The topological polar surface area (TPSA) is 78.3 Å². The number of carbonyl (C=O) groups excluding carboxylic acids is 1. The first kappa shape index (κ1) is 21.2. The smallest absolute Gasteiger partial charge is 0.261 e. The minimum atomic E-state index is -0.243. The van der Waals surface area contributed by atoms with Gasteiger partial charge in [0.2, 0.25) is 0 Å². The van der Waals surface area contributed by atoms with E-state index in [1.165, 1.54) is 11.3 Å². The monoisotopic (exact) mass is 460 g/mol. The number of ether oxygens (including phenoxy) is 2. The maximum absolute atomic E-state index is 13.4. The number of rotatable bonds is 6. The molecule has 0 bridgehead atoms. The molecule has 8 heteroatoms. The standard InChI is InChI=1S/C25H24N4O3S/c1-31-20-13-12-16(14-21(20)32-2)23-18(15-29(28-23)17-8-4-3-5-9-17)24(30)27-25-26-19-10-6-7-11-22(19)33-25/h3-5,8-9,12-15H,6-7,10-11H2,1-2H3,(H,26,27,30). The summed E-state index contributed by atoms with van der Waals surface area (Å²) in [7, 11) is 3.18. The summed E-state index contributed by atoms with van der Waals surface area (Å²) in [4.78, 5) is 19.3. The molecule has 0 saturated heterocycles. The van der Waals surface area contributed by atoms with Crippen molar-refractivity contribution in [3.05, 3.63) is 70.9 Å². The van der Waals surface area contributed by atoms with Crippen molar-refractivity contribution in [2.45, 2.75) is 25.7 Å². The molecule has 1 aliphatic rings. The van der Waals surface area contributed by atoms with Gasteiger partial charge in [0.15, 0.2) is 16.6 Å². The van der Waals surface area contributed by atoms with Crippen molar-refractivity contribution in [3.8, 4) is 28.4 Å². The maximum Gasteiger partial charge on any atom is 0.261 e. The maximum atomic E-state index is 13.4. The summed E-state index contributed by atoms with van der Waals surface area (Å²) < 4.78 is 12.5. The van der Waals surface area contributed by atoms with E-state index in [4.69, 9.17) is 14.6 Å². The van der Waals surface area contributed by atoms with Crippen molar-refractivity contribution < 1.29 is 14.3 Å². The van der Waals surface area contributed by atoms with Gasteiger partial charge in [0, 0.05) is 16.6 Å². The summed E-state index contributed by atoms with van der Waals surface area (Å²) in [6.07, 6.45) is 6.09. The van der Waals surface area contributed by atoms with Gasteiger partial charge in [-0.15, -0.1) is 11.3 Å². The van der Waals surface area contributed by atoms with Crippen LogP contribution in [0.25, 0.3) is 16.9 Å².